The van der Waals surface area contributed by atoms with Gasteiger partial charge in [-0.15, -0.1) is 5.10 Å². The molecule has 1 aromatic carbocycles. The highest BCUT2D eigenvalue weighted by Gasteiger charge is 2.08. The number of rotatable bonds is 4. The summed E-state index contributed by atoms with van der Waals surface area (Å²) in [6.45, 7) is 1.95. The molecular weight excluding hydrogens is 216 g/mol. The van der Waals surface area contributed by atoms with Gasteiger partial charge in [0.05, 0.1) is 19.0 Å². The molecule has 2 rings (SSSR count). The largest absolute Gasteiger partial charge is 0.494 e. The van der Waals surface area contributed by atoms with Gasteiger partial charge in [0.15, 0.2) is 0 Å². The fraction of sp³-hybridized carbons (Fsp3) is 0.333. The Kier molecular flexibility index (Phi) is 3.39. The van der Waals surface area contributed by atoms with Crippen molar-refractivity contribution in [1.82, 2.24) is 15.0 Å². The Bertz CT molecular complexity index is 493. The molecule has 0 bridgehead atoms. The van der Waals surface area contributed by atoms with Crippen molar-refractivity contribution in [2.24, 2.45) is 5.73 Å². The van der Waals surface area contributed by atoms with E-state index in [9.17, 15) is 0 Å². The fourth-order valence-corrected chi connectivity index (χ4v) is 1.66. The summed E-state index contributed by atoms with van der Waals surface area (Å²) in [7, 11) is 1.64. The van der Waals surface area contributed by atoms with Crippen molar-refractivity contribution in [1.29, 1.82) is 0 Å². The Hall–Kier alpha value is -1.88. The number of ether oxygens (including phenoxy) is 1. The van der Waals surface area contributed by atoms with E-state index >= 15 is 0 Å². The molecule has 0 aliphatic rings. The lowest BCUT2D eigenvalue weighted by Crippen LogP contribution is -2.17. The highest BCUT2D eigenvalue weighted by molar-refractivity contribution is 5.45. The second-order valence-electron chi connectivity index (χ2n) is 4.01. The first-order valence-electron chi connectivity index (χ1n) is 5.51. The SMILES string of the molecule is COc1ccccc1-n1cc(CC(C)N)nn1. The third-order valence-electron chi connectivity index (χ3n) is 2.40. The van der Waals surface area contributed by atoms with E-state index in [0.29, 0.717) is 0 Å². The standard InChI is InChI=1S/C12H16N4O/c1-9(13)7-10-8-16(15-14-10)11-5-3-4-6-12(11)17-2/h3-6,8-9H,7,13H2,1-2H3. The Morgan fingerprint density at radius 1 is 1.41 bits per heavy atom. The van der Waals surface area contributed by atoms with Crippen molar-refractivity contribution in [3.8, 4) is 11.4 Å². The Morgan fingerprint density at radius 3 is 2.88 bits per heavy atom. The summed E-state index contributed by atoms with van der Waals surface area (Å²) in [5.41, 5.74) is 7.48. The average Bonchev–Trinajstić information content (AvgIpc) is 2.76. The molecule has 90 valence electrons. The summed E-state index contributed by atoms with van der Waals surface area (Å²) in [6.07, 6.45) is 2.59. The predicted molar refractivity (Wildman–Crippen MR) is 65.3 cm³/mol. The van der Waals surface area contributed by atoms with Crippen molar-refractivity contribution in [2.45, 2.75) is 19.4 Å². The lowest BCUT2D eigenvalue weighted by molar-refractivity contribution is 0.411. The molecule has 0 fully saturated rings. The molecule has 17 heavy (non-hydrogen) atoms. The molecule has 0 aliphatic heterocycles. The maximum atomic E-state index is 5.73. The molecule has 1 unspecified atom stereocenters. The van der Waals surface area contributed by atoms with Crippen molar-refractivity contribution in [2.75, 3.05) is 7.11 Å². The van der Waals surface area contributed by atoms with Gasteiger partial charge in [-0.25, -0.2) is 4.68 Å². The van der Waals surface area contributed by atoms with E-state index in [0.717, 1.165) is 23.6 Å². The van der Waals surface area contributed by atoms with Crippen molar-refractivity contribution < 1.29 is 4.74 Å². The van der Waals surface area contributed by atoms with E-state index in [2.05, 4.69) is 10.3 Å². The molecule has 0 saturated carbocycles. The van der Waals surface area contributed by atoms with Crippen molar-refractivity contribution >= 4 is 0 Å². The van der Waals surface area contributed by atoms with Gasteiger partial charge in [-0.3, -0.25) is 0 Å². The van der Waals surface area contributed by atoms with Gasteiger partial charge in [0.1, 0.15) is 11.4 Å². The van der Waals surface area contributed by atoms with Gasteiger partial charge in [-0.1, -0.05) is 17.3 Å². The van der Waals surface area contributed by atoms with Crippen LogP contribution < -0.4 is 10.5 Å². The minimum atomic E-state index is 0.0813. The van der Waals surface area contributed by atoms with Crippen LogP contribution in [0.25, 0.3) is 5.69 Å². The number of benzene rings is 1. The summed E-state index contributed by atoms with van der Waals surface area (Å²) in [4.78, 5) is 0. The summed E-state index contributed by atoms with van der Waals surface area (Å²) < 4.78 is 6.98. The second kappa shape index (κ2) is 4.97. The Labute approximate surface area is 100 Å². The molecule has 5 heteroatoms. The zero-order valence-corrected chi connectivity index (χ0v) is 10.00. The molecule has 0 amide bonds. The molecule has 1 heterocycles. The van der Waals surface area contributed by atoms with Crippen LogP contribution in [-0.2, 0) is 6.42 Å². The number of hydrogen-bond donors (Lipinski definition) is 1. The maximum Gasteiger partial charge on any atom is 0.144 e. The number of methoxy groups -OCH3 is 1. The van der Waals surface area contributed by atoms with Gasteiger partial charge in [0.25, 0.3) is 0 Å². The highest BCUT2D eigenvalue weighted by atomic mass is 16.5. The molecule has 1 aromatic heterocycles. The maximum absolute atomic E-state index is 5.73. The van der Waals surface area contributed by atoms with Gasteiger partial charge in [-0.05, 0) is 19.1 Å². The minimum Gasteiger partial charge on any atom is -0.494 e. The third kappa shape index (κ3) is 2.62. The first-order chi connectivity index (χ1) is 8.20. The van der Waals surface area contributed by atoms with Gasteiger partial charge in [0.2, 0.25) is 0 Å². The van der Waals surface area contributed by atoms with Gasteiger partial charge >= 0.3 is 0 Å². The molecule has 2 N–H and O–H groups in total. The minimum absolute atomic E-state index is 0.0813. The number of nitrogens with zero attached hydrogens (tertiary/aromatic N) is 3. The van der Waals surface area contributed by atoms with Gasteiger partial charge in [-0.2, -0.15) is 0 Å². The number of hydrogen-bond acceptors (Lipinski definition) is 4. The lowest BCUT2D eigenvalue weighted by Gasteiger charge is -2.06. The van der Waals surface area contributed by atoms with E-state index < -0.39 is 0 Å². The second-order valence-corrected chi connectivity index (χ2v) is 4.01. The first-order valence-corrected chi connectivity index (χ1v) is 5.51. The third-order valence-corrected chi connectivity index (χ3v) is 2.40. The molecule has 1 atom stereocenters. The number of aromatic nitrogens is 3. The molecule has 2 aromatic rings. The quantitative estimate of drug-likeness (QED) is 0.859. The van der Waals surface area contributed by atoms with Crippen LogP contribution in [0.1, 0.15) is 12.6 Å². The van der Waals surface area contributed by atoms with Gasteiger partial charge < -0.3 is 10.5 Å². The summed E-state index contributed by atoms with van der Waals surface area (Å²) in [6, 6.07) is 7.76. The van der Waals surface area contributed by atoms with Gasteiger partial charge in [0, 0.05) is 12.5 Å². The monoisotopic (exact) mass is 232 g/mol. The van der Waals surface area contributed by atoms with E-state index in [1.165, 1.54) is 0 Å². The van der Waals surface area contributed by atoms with Crippen LogP contribution in [0.2, 0.25) is 0 Å². The zero-order chi connectivity index (χ0) is 12.3. The molecule has 0 saturated heterocycles. The first kappa shape index (κ1) is 11.6. The molecule has 5 nitrogen and oxygen atoms in total. The van der Waals surface area contributed by atoms with Crippen LogP contribution in [0.4, 0.5) is 0 Å². The number of para-hydroxylation sites is 2. The van der Waals surface area contributed by atoms with Crippen LogP contribution in [-0.4, -0.2) is 28.1 Å². The van der Waals surface area contributed by atoms with Crippen LogP contribution in [0.15, 0.2) is 30.5 Å². The molecule has 0 aliphatic carbocycles. The smallest absolute Gasteiger partial charge is 0.144 e. The topological polar surface area (TPSA) is 66.0 Å². The van der Waals surface area contributed by atoms with Crippen LogP contribution in [0.3, 0.4) is 0 Å². The number of nitrogens with two attached hydrogens (primary N) is 1. The van der Waals surface area contributed by atoms with Crippen molar-refractivity contribution in [3.63, 3.8) is 0 Å². The average molecular weight is 232 g/mol. The normalized spacial score (nSPS) is 12.4. The Morgan fingerprint density at radius 2 is 2.18 bits per heavy atom. The van der Waals surface area contributed by atoms with Crippen LogP contribution >= 0.6 is 0 Å². The Balaban J connectivity index is 2.30. The van der Waals surface area contributed by atoms with Crippen molar-refractivity contribution in [3.05, 3.63) is 36.2 Å². The van der Waals surface area contributed by atoms with E-state index in [4.69, 9.17) is 10.5 Å². The van der Waals surface area contributed by atoms with Crippen LogP contribution in [0, 0.1) is 0 Å². The zero-order valence-electron chi connectivity index (χ0n) is 10.00. The fourth-order valence-electron chi connectivity index (χ4n) is 1.66. The molecular formula is C12H16N4O. The van der Waals surface area contributed by atoms with E-state index in [-0.39, 0.29) is 6.04 Å². The lowest BCUT2D eigenvalue weighted by atomic mass is 10.2. The summed E-state index contributed by atoms with van der Waals surface area (Å²) in [5.74, 6) is 0.768. The molecule has 0 spiro atoms. The van der Waals surface area contributed by atoms with E-state index in [1.54, 1.807) is 11.8 Å². The van der Waals surface area contributed by atoms with E-state index in [1.807, 2.05) is 37.4 Å². The predicted octanol–water partition coefficient (Wildman–Crippen LogP) is 1.17. The summed E-state index contributed by atoms with van der Waals surface area (Å²) >= 11 is 0. The highest BCUT2D eigenvalue weighted by Crippen LogP contribution is 2.21. The summed E-state index contributed by atoms with van der Waals surface area (Å²) in [5, 5.41) is 8.16. The van der Waals surface area contributed by atoms with Crippen LogP contribution in [0.5, 0.6) is 5.75 Å². The molecule has 0 radical (unpaired) electrons.